The first kappa shape index (κ1) is 15.0. The molecule has 1 aromatic heterocycles. The Morgan fingerprint density at radius 2 is 1.78 bits per heavy atom. The Labute approximate surface area is 137 Å². The first-order valence-corrected chi connectivity index (χ1v) is 9.11. The number of hydrogen-bond acceptors (Lipinski definition) is 3. The summed E-state index contributed by atoms with van der Waals surface area (Å²) >= 11 is 0. The van der Waals surface area contributed by atoms with Crippen LogP contribution in [0.1, 0.15) is 84.3 Å². The highest BCUT2D eigenvalue weighted by Crippen LogP contribution is 2.44. The zero-order chi connectivity index (χ0) is 15.9. The SMILES string of the molecule is O=C1CCCc2occ(C(=O)N3CCCCC4(CCCC4)C3)c21. The predicted molar refractivity (Wildman–Crippen MR) is 86.6 cm³/mol. The molecule has 0 atom stereocenters. The molecule has 0 bridgehead atoms. The number of nitrogens with zero attached hydrogens (tertiary/aromatic N) is 1. The number of carbonyl (C=O) groups excluding carboxylic acids is 2. The standard InChI is InChI=1S/C19H25NO3/c21-15-6-5-7-16-17(15)14(12-23-16)18(22)20-11-4-3-10-19(13-20)8-1-2-9-19/h12H,1-11,13H2. The zero-order valence-electron chi connectivity index (χ0n) is 13.7. The van der Waals surface area contributed by atoms with Crippen molar-refractivity contribution in [1.29, 1.82) is 0 Å². The van der Waals surface area contributed by atoms with E-state index in [0.29, 0.717) is 23.0 Å². The number of rotatable bonds is 1. The monoisotopic (exact) mass is 315 g/mol. The van der Waals surface area contributed by atoms with Gasteiger partial charge in [0.25, 0.3) is 5.91 Å². The molecule has 124 valence electrons. The van der Waals surface area contributed by atoms with Gasteiger partial charge in [0.2, 0.25) is 0 Å². The van der Waals surface area contributed by atoms with E-state index < -0.39 is 0 Å². The molecule has 2 fully saturated rings. The molecule has 1 amide bonds. The van der Waals surface area contributed by atoms with Gasteiger partial charge in [-0.15, -0.1) is 0 Å². The normalized spacial score (nSPS) is 23.8. The molecule has 2 aliphatic carbocycles. The summed E-state index contributed by atoms with van der Waals surface area (Å²) < 4.78 is 5.55. The number of Topliss-reactive ketones (excluding diaryl/α,β-unsaturated/α-hetero) is 1. The van der Waals surface area contributed by atoms with E-state index >= 15 is 0 Å². The van der Waals surface area contributed by atoms with E-state index in [1.165, 1.54) is 44.8 Å². The van der Waals surface area contributed by atoms with Gasteiger partial charge in [-0.25, -0.2) is 0 Å². The lowest BCUT2D eigenvalue weighted by molar-refractivity contribution is 0.0680. The Kier molecular flexibility index (Phi) is 3.78. The fourth-order valence-electron chi connectivity index (χ4n) is 4.82. The summed E-state index contributed by atoms with van der Waals surface area (Å²) in [5.74, 6) is 0.808. The topological polar surface area (TPSA) is 50.5 Å². The van der Waals surface area contributed by atoms with Crippen molar-refractivity contribution < 1.29 is 14.0 Å². The lowest BCUT2D eigenvalue weighted by Crippen LogP contribution is -2.39. The lowest BCUT2D eigenvalue weighted by Gasteiger charge is -2.32. The Balaban J connectivity index is 1.61. The third-order valence-corrected chi connectivity index (χ3v) is 6.05. The molecule has 1 aliphatic heterocycles. The zero-order valence-corrected chi connectivity index (χ0v) is 13.7. The maximum atomic E-state index is 13.1. The first-order valence-electron chi connectivity index (χ1n) is 9.11. The number of likely N-dealkylation sites (tertiary alicyclic amines) is 1. The van der Waals surface area contributed by atoms with Crippen LogP contribution in [0.15, 0.2) is 10.7 Å². The van der Waals surface area contributed by atoms with Gasteiger partial charge >= 0.3 is 0 Å². The van der Waals surface area contributed by atoms with Crippen molar-refractivity contribution in [3.8, 4) is 0 Å². The van der Waals surface area contributed by atoms with Crippen molar-refractivity contribution in [2.75, 3.05) is 13.1 Å². The fraction of sp³-hybridized carbons (Fsp3) is 0.684. The van der Waals surface area contributed by atoms with Gasteiger partial charge in [0.05, 0.1) is 11.1 Å². The highest BCUT2D eigenvalue weighted by atomic mass is 16.3. The van der Waals surface area contributed by atoms with Crippen LogP contribution >= 0.6 is 0 Å². The smallest absolute Gasteiger partial charge is 0.257 e. The van der Waals surface area contributed by atoms with Gasteiger partial charge in [0, 0.05) is 25.9 Å². The van der Waals surface area contributed by atoms with Crippen molar-refractivity contribution in [3.05, 3.63) is 23.2 Å². The Morgan fingerprint density at radius 1 is 1.04 bits per heavy atom. The summed E-state index contributed by atoms with van der Waals surface area (Å²) in [6.07, 6.45) is 12.3. The van der Waals surface area contributed by atoms with Crippen LogP contribution in [0.5, 0.6) is 0 Å². The minimum absolute atomic E-state index is 0.0124. The summed E-state index contributed by atoms with van der Waals surface area (Å²) in [6.45, 7) is 1.68. The number of furan rings is 1. The molecular weight excluding hydrogens is 290 g/mol. The summed E-state index contributed by atoms with van der Waals surface area (Å²) in [5, 5.41) is 0. The number of amides is 1. The Morgan fingerprint density at radius 3 is 2.57 bits per heavy atom. The van der Waals surface area contributed by atoms with Crippen LogP contribution in [0.25, 0.3) is 0 Å². The molecule has 0 radical (unpaired) electrons. The summed E-state index contributed by atoms with van der Waals surface area (Å²) in [4.78, 5) is 27.3. The molecule has 2 heterocycles. The minimum Gasteiger partial charge on any atom is -0.468 e. The lowest BCUT2D eigenvalue weighted by atomic mass is 9.81. The number of carbonyl (C=O) groups is 2. The Bertz CT molecular complexity index is 625. The number of fused-ring (bicyclic) bond motifs is 1. The van der Waals surface area contributed by atoms with Crippen LogP contribution in [-0.2, 0) is 6.42 Å². The molecule has 1 saturated carbocycles. The number of aryl methyl sites for hydroxylation is 1. The molecule has 3 aliphatic rings. The van der Waals surface area contributed by atoms with Crippen LogP contribution in [-0.4, -0.2) is 29.7 Å². The van der Waals surface area contributed by atoms with Gasteiger partial charge in [-0.05, 0) is 37.5 Å². The van der Waals surface area contributed by atoms with E-state index in [0.717, 1.165) is 38.1 Å². The second-order valence-corrected chi connectivity index (χ2v) is 7.62. The summed E-state index contributed by atoms with van der Waals surface area (Å²) in [7, 11) is 0. The molecule has 0 N–H and O–H groups in total. The molecule has 1 spiro atoms. The summed E-state index contributed by atoms with van der Waals surface area (Å²) in [5.41, 5.74) is 1.42. The Hall–Kier alpha value is -1.58. The van der Waals surface area contributed by atoms with Gasteiger partial charge in [-0.2, -0.15) is 0 Å². The van der Waals surface area contributed by atoms with Crippen LogP contribution in [0.2, 0.25) is 0 Å². The summed E-state index contributed by atoms with van der Waals surface area (Å²) in [6, 6.07) is 0. The van der Waals surface area contributed by atoms with E-state index in [1.54, 1.807) is 0 Å². The van der Waals surface area contributed by atoms with Gasteiger partial charge in [-0.3, -0.25) is 9.59 Å². The second kappa shape index (κ2) is 5.81. The molecule has 4 rings (SSSR count). The molecule has 4 nitrogen and oxygen atoms in total. The van der Waals surface area contributed by atoms with E-state index in [9.17, 15) is 9.59 Å². The third kappa shape index (κ3) is 2.62. The van der Waals surface area contributed by atoms with E-state index in [2.05, 4.69) is 0 Å². The molecule has 23 heavy (non-hydrogen) atoms. The average molecular weight is 315 g/mol. The van der Waals surface area contributed by atoms with Crippen LogP contribution < -0.4 is 0 Å². The van der Waals surface area contributed by atoms with Crippen molar-refractivity contribution in [2.24, 2.45) is 5.41 Å². The van der Waals surface area contributed by atoms with Crippen LogP contribution in [0.4, 0.5) is 0 Å². The van der Waals surface area contributed by atoms with E-state index in [4.69, 9.17) is 4.42 Å². The van der Waals surface area contributed by atoms with E-state index in [-0.39, 0.29) is 11.7 Å². The van der Waals surface area contributed by atoms with Crippen LogP contribution in [0, 0.1) is 5.41 Å². The maximum Gasteiger partial charge on any atom is 0.257 e. The van der Waals surface area contributed by atoms with E-state index in [1.807, 2.05) is 4.90 Å². The van der Waals surface area contributed by atoms with Crippen molar-refractivity contribution in [3.63, 3.8) is 0 Å². The molecule has 1 aromatic rings. The largest absolute Gasteiger partial charge is 0.468 e. The second-order valence-electron chi connectivity index (χ2n) is 7.62. The predicted octanol–water partition coefficient (Wildman–Crippen LogP) is 3.99. The molecule has 0 unspecified atom stereocenters. The maximum absolute atomic E-state index is 13.1. The van der Waals surface area contributed by atoms with Gasteiger partial charge < -0.3 is 9.32 Å². The number of ketones is 1. The van der Waals surface area contributed by atoms with Gasteiger partial charge in [0.15, 0.2) is 5.78 Å². The fourth-order valence-corrected chi connectivity index (χ4v) is 4.82. The van der Waals surface area contributed by atoms with Gasteiger partial charge in [-0.1, -0.05) is 19.3 Å². The van der Waals surface area contributed by atoms with Crippen molar-refractivity contribution in [1.82, 2.24) is 4.90 Å². The average Bonchev–Trinajstić information content (AvgIpc) is 3.12. The third-order valence-electron chi connectivity index (χ3n) is 6.05. The van der Waals surface area contributed by atoms with Crippen molar-refractivity contribution in [2.45, 2.75) is 64.2 Å². The highest BCUT2D eigenvalue weighted by molar-refractivity contribution is 6.09. The van der Waals surface area contributed by atoms with Crippen LogP contribution in [0.3, 0.4) is 0 Å². The minimum atomic E-state index is 0.0124. The molecule has 4 heteroatoms. The molecule has 1 saturated heterocycles. The first-order chi connectivity index (χ1) is 11.2. The highest BCUT2D eigenvalue weighted by Gasteiger charge is 2.39. The molecular formula is C19H25NO3. The number of hydrogen-bond donors (Lipinski definition) is 0. The van der Waals surface area contributed by atoms with Gasteiger partial charge in [0.1, 0.15) is 12.0 Å². The quantitative estimate of drug-likeness (QED) is 0.787. The molecule has 0 aromatic carbocycles. The van der Waals surface area contributed by atoms with Crippen molar-refractivity contribution >= 4 is 11.7 Å².